The van der Waals surface area contributed by atoms with Gasteiger partial charge in [0, 0.05) is 12.8 Å². The van der Waals surface area contributed by atoms with E-state index in [1.807, 2.05) is 12.1 Å². The van der Waals surface area contributed by atoms with Crippen LogP contribution in [0.15, 0.2) is 18.2 Å². The van der Waals surface area contributed by atoms with Crippen molar-refractivity contribution in [2.24, 2.45) is 0 Å². The van der Waals surface area contributed by atoms with E-state index >= 15 is 0 Å². The van der Waals surface area contributed by atoms with Gasteiger partial charge < -0.3 is 10.1 Å². The topological polar surface area (TPSA) is 38.3 Å². The van der Waals surface area contributed by atoms with Gasteiger partial charge in [-0.25, -0.2) is 0 Å². The van der Waals surface area contributed by atoms with Crippen molar-refractivity contribution in [3.8, 4) is 0 Å². The molecule has 17 heavy (non-hydrogen) atoms. The Kier molecular flexibility index (Phi) is 3.79. The molecule has 0 saturated heterocycles. The second-order valence-corrected chi connectivity index (χ2v) is 4.52. The first-order chi connectivity index (χ1) is 8.22. The number of carbonyl (C=O) groups excluding carboxylic acids is 1. The average molecular weight is 233 g/mol. The Labute approximate surface area is 102 Å². The summed E-state index contributed by atoms with van der Waals surface area (Å²) >= 11 is 0. The van der Waals surface area contributed by atoms with Crippen molar-refractivity contribution in [1.29, 1.82) is 0 Å². The highest BCUT2D eigenvalue weighted by Gasteiger charge is 2.16. The van der Waals surface area contributed by atoms with Crippen LogP contribution in [0.25, 0.3) is 0 Å². The van der Waals surface area contributed by atoms with E-state index in [4.69, 9.17) is 4.74 Å². The molecule has 1 unspecified atom stereocenters. The molecular weight excluding hydrogens is 214 g/mol. The van der Waals surface area contributed by atoms with Crippen LogP contribution >= 0.6 is 0 Å². The lowest BCUT2D eigenvalue weighted by atomic mass is 9.90. The summed E-state index contributed by atoms with van der Waals surface area (Å²) in [4.78, 5) is 11.8. The van der Waals surface area contributed by atoms with Gasteiger partial charge >= 0.3 is 0 Å². The highest BCUT2D eigenvalue weighted by Crippen LogP contribution is 2.27. The Morgan fingerprint density at radius 2 is 2.12 bits per heavy atom. The fourth-order valence-corrected chi connectivity index (χ4v) is 2.24. The summed E-state index contributed by atoms with van der Waals surface area (Å²) in [6.45, 7) is 1.75. The molecular formula is C14H19NO2. The second kappa shape index (κ2) is 5.32. The Balaban J connectivity index is 2.18. The molecule has 1 amide bonds. The molecule has 0 bridgehead atoms. The number of aryl methyl sites for hydroxylation is 1. The van der Waals surface area contributed by atoms with Gasteiger partial charge in [0.1, 0.15) is 6.10 Å². The molecule has 1 aliphatic carbocycles. The van der Waals surface area contributed by atoms with Gasteiger partial charge in [-0.05, 0) is 49.8 Å². The number of hydrogen-bond acceptors (Lipinski definition) is 2. The smallest absolute Gasteiger partial charge is 0.253 e. The van der Waals surface area contributed by atoms with Crippen molar-refractivity contribution >= 4 is 11.6 Å². The molecule has 1 atom stereocenters. The lowest BCUT2D eigenvalue weighted by molar-refractivity contribution is -0.124. The SMILES string of the molecule is COC(C)C(=O)Nc1cccc2c1CCCC2. The molecule has 0 heterocycles. The summed E-state index contributed by atoms with van der Waals surface area (Å²) in [5, 5.41) is 2.96. The molecule has 92 valence electrons. The van der Waals surface area contributed by atoms with Crippen molar-refractivity contribution in [1.82, 2.24) is 0 Å². The minimum Gasteiger partial charge on any atom is -0.372 e. The van der Waals surface area contributed by atoms with Crippen LogP contribution in [0.5, 0.6) is 0 Å². The third-order valence-corrected chi connectivity index (χ3v) is 3.38. The molecule has 1 N–H and O–H groups in total. The number of fused-ring (bicyclic) bond motifs is 1. The number of amides is 1. The third kappa shape index (κ3) is 2.67. The number of benzene rings is 1. The first-order valence-corrected chi connectivity index (χ1v) is 6.17. The van der Waals surface area contributed by atoms with Crippen LogP contribution in [-0.2, 0) is 22.4 Å². The van der Waals surface area contributed by atoms with Crippen molar-refractivity contribution in [3.05, 3.63) is 29.3 Å². The van der Waals surface area contributed by atoms with Crippen LogP contribution in [0.2, 0.25) is 0 Å². The fourth-order valence-electron chi connectivity index (χ4n) is 2.24. The van der Waals surface area contributed by atoms with E-state index in [2.05, 4.69) is 11.4 Å². The van der Waals surface area contributed by atoms with Gasteiger partial charge in [-0.1, -0.05) is 12.1 Å². The van der Waals surface area contributed by atoms with E-state index in [0.29, 0.717) is 0 Å². The van der Waals surface area contributed by atoms with Gasteiger partial charge in [0.25, 0.3) is 5.91 Å². The number of nitrogens with one attached hydrogen (secondary N) is 1. The normalized spacial score (nSPS) is 16.1. The molecule has 1 aliphatic rings. The molecule has 0 radical (unpaired) electrons. The molecule has 2 rings (SSSR count). The van der Waals surface area contributed by atoms with Gasteiger partial charge in [0.15, 0.2) is 0 Å². The molecule has 0 fully saturated rings. The Bertz CT molecular complexity index is 415. The van der Waals surface area contributed by atoms with Gasteiger partial charge in [0.2, 0.25) is 0 Å². The fraction of sp³-hybridized carbons (Fsp3) is 0.500. The monoisotopic (exact) mass is 233 g/mol. The van der Waals surface area contributed by atoms with Crippen LogP contribution in [0.1, 0.15) is 30.9 Å². The van der Waals surface area contributed by atoms with Crippen LogP contribution in [0.3, 0.4) is 0 Å². The van der Waals surface area contributed by atoms with Gasteiger partial charge in [0.05, 0.1) is 0 Å². The van der Waals surface area contributed by atoms with Gasteiger partial charge in [-0.15, -0.1) is 0 Å². The van der Waals surface area contributed by atoms with Crippen LogP contribution in [0.4, 0.5) is 5.69 Å². The molecule has 3 nitrogen and oxygen atoms in total. The van der Waals surface area contributed by atoms with E-state index in [1.54, 1.807) is 14.0 Å². The van der Waals surface area contributed by atoms with E-state index in [1.165, 1.54) is 24.0 Å². The quantitative estimate of drug-likeness (QED) is 0.871. The summed E-state index contributed by atoms with van der Waals surface area (Å²) in [6.07, 6.45) is 4.24. The molecule has 0 aromatic heterocycles. The Morgan fingerprint density at radius 1 is 1.35 bits per heavy atom. The second-order valence-electron chi connectivity index (χ2n) is 4.52. The van der Waals surface area contributed by atoms with Crippen LogP contribution in [-0.4, -0.2) is 19.1 Å². The molecule has 1 aromatic carbocycles. The average Bonchev–Trinajstić information content (AvgIpc) is 2.38. The van der Waals surface area contributed by atoms with Gasteiger partial charge in [-0.2, -0.15) is 0 Å². The lowest BCUT2D eigenvalue weighted by Gasteiger charge is -2.20. The minimum atomic E-state index is -0.408. The predicted molar refractivity (Wildman–Crippen MR) is 68.2 cm³/mol. The van der Waals surface area contributed by atoms with Crippen LogP contribution < -0.4 is 5.32 Å². The third-order valence-electron chi connectivity index (χ3n) is 3.38. The van der Waals surface area contributed by atoms with E-state index in [-0.39, 0.29) is 5.91 Å². The zero-order valence-corrected chi connectivity index (χ0v) is 10.5. The number of ether oxygens (including phenoxy) is 1. The highest BCUT2D eigenvalue weighted by atomic mass is 16.5. The number of methoxy groups -OCH3 is 1. The van der Waals surface area contributed by atoms with E-state index in [9.17, 15) is 4.79 Å². The zero-order chi connectivity index (χ0) is 12.3. The van der Waals surface area contributed by atoms with E-state index < -0.39 is 6.10 Å². The maximum absolute atomic E-state index is 11.8. The van der Waals surface area contributed by atoms with Crippen molar-refractivity contribution in [2.45, 2.75) is 38.7 Å². The van der Waals surface area contributed by atoms with Gasteiger partial charge in [-0.3, -0.25) is 4.79 Å². The Hall–Kier alpha value is -1.35. The molecule has 0 spiro atoms. The first-order valence-electron chi connectivity index (χ1n) is 6.17. The highest BCUT2D eigenvalue weighted by molar-refractivity contribution is 5.94. The standard InChI is InChI=1S/C14H19NO2/c1-10(17-2)14(16)15-13-9-5-7-11-6-3-4-8-12(11)13/h5,7,9-10H,3-4,6,8H2,1-2H3,(H,15,16). The van der Waals surface area contributed by atoms with E-state index in [0.717, 1.165) is 18.5 Å². The molecule has 3 heteroatoms. The number of rotatable bonds is 3. The summed E-state index contributed by atoms with van der Waals surface area (Å²) in [5.74, 6) is -0.0773. The lowest BCUT2D eigenvalue weighted by Crippen LogP contribution is -2.27. The summed E-state index contributed by atoms with van der Waals surface area (Å²) in [7, 11) is 1.55. The van der Waals surface area contributed by atoms with Crippen molar-refractivity contribution in [3.63, 3.8) is 0 Å². The van der Waals surface area contributed by atoms with Crippen molar-refractivity contribution < 1.29 is 9.53 Å². The predicted octanol–water partition coefficient (Wildman–Crippen LogP) is 2.54. The zero-order valence-electron chi connectivity index (χ0n) is 10.5. The summed E-state index contributed by atoms with van der Waals surface area (Å²) in [5.41, 5.74) is 3.63. The molecule has 1 aromatic rings. The Morgan fingerprint density at radius 3 is 2.88 bits per heavy atom. The van der Waals surface area contributed by atoms with Crippen molar-refractivity contribution in [2.75, 3.05) is 12.4 Å². The largest absolute Gasteiger partial charge is 0.372 e. The first kappa shape index (κ1) is 12.1. The number of carbonyl (C=O) groups is 1. The minimum absolute atomic E-state index is 0.0773. The molecule has 0 saturated carbocycles. The molecule has 0 aliphatic heterocycles. The maximum atomic E-state index is 11.8. The summed E-state index contributed by atoms with van der Waals surface area (Å²) < 4.78 is 5.02. The number of anilines is 1. The maximum Gasteiger partial charge on any atom is 0.253 e. The number of hydrogen-bond donors (Lipinski definition) is 1. The summed E-state index contributed by atoms with van der Waals surface area (Å²) in [6, 6.07) is 6.14. The van der Waals surface area contributed by atoms with Crippen LogP contribution in [0, 0.1) is 0 Å².